The molecule has 18 heavy (non-hydrogen) atoms. The number of rotatable bonds is 5. The Labute approximate surface area is 104 Å². The third-order valence-corrected chi connectivity index (χ3v) is 2.50. The van der Waals surface area contributed by atoms with Gasteiger partial charge < -0.3 is 15.1 Å². The van der Waals surface area contributed by atoms with Gasteiger partial charge in [0.15, 0.2) is 5.82 Å². The summed E-state index contributed by atoms with van der Waals surface area (Å²) in [5.74, 6) is 1.14. The summed E-state index contributed by atoms with van der Waals surface area (Å²) in [5, 5.41) is 24.1. The lowest BCUT2D eigenvalue weighted by molar-refractivity contribution is -0.644. The van der Waals surface area contributed by atoms with E-state index in [0.29, 0.717) is 46.9 Å². The van der Waals surface area contributed by atoms with Gasteiger partial charge in [-0.3, -0.25) is 0 Å². The van der Waals surface area contributed by atoms with E-state index in [4.69, 9.17) is 9.84 Å². The number of aliphatic hydroxyl groups excluding tert-OH is 1. The number of aliphatic hydroxyl groups is 1. The van der Waals surface area contributed by atoms with Crippen LogP contribution in [-0.4, -0.2) is 28.4 Å². The van der Waals surface area contributed by atoms with Crippen molar-refractivity contribution < 1.29 is 14.7 Å². The summed E-state index contributed by atoms with van der Waals surface area (Å²) in [5.41, 5.74) is 0.986. The minimum Gasteiger partial charge on any atom is -0.594 e. The molecule has 6 heteroatoms. The molecule has 0 aliphatic heterocycles. The molecule has 96 valence electrons. The number of hydrogen-bond donors (Lipinski definition) is 1. The van der Waals surface area contributed by atoms with E-state index in [1.165, 1.54) is 0 Å². The SMILES string of the molecule is CCc1nc2cc(OCCCO)ccc2[n+]([O-])n1. The van der Waals surface area contributed by atoms with E-state index < -0.39 is 0 Å². The zero-order chi connectivity index (χ0) is 13.0. The van der Waals surface area contributed by atoms with Gasteiger partial charge in [-0.05, 0) is 10.9 Å². The first-order valence-electron chi connectivity index (χ1n) is 5.88. The summed E-state index contributed by atoms with van der Waals surface area (Å²) >= 11 is 0. The average Bonchev–Trinajstić information content (AvgIpc) is 2.38. The first-order chi connectivity index (χ1) is 8.74. The molecule has 0 amide bonds. The van der Waals surface area contributed by atoms with Gasteiger partial charge in [0, 0.05) is 36.7 Å². The molecular formula is C12H15N3O3. The van der Waals surface area contributed by atoms with E-state index >= 15 is 0 Å². The molecule has 0 radical (unpaired) electrons. The van der Waals surface area contributed by atoms with Crippen LogP contribution in [0.5, 0.6) is 5.75 Å². The normalized spacial score (nSPS) is 10.8. The predicted molar refractivity (Wildman–Crippen MR) is 65.1 cm³/mol. The highest BCUT2D eigenvalue weighted by Crippen LogP contribution is 2.16. The molecule has 2 aromatic rings. The molecule has 0 unspecified atom stereocenters. The van der Waals surface area contributed by atoms with Crippen molar-refractivity contribution in [2.75, 3.05) is 13.2 Å². The van der Waals surface area contributed by atoms with Crippen LogP contribution in [0.25, 0.3) is 11.0 Å². The second kappa shape index (κ2) is 5.59. The van der Waals surface area contributed by atoms with Crippen LogP contribution in [0.1, 0.15) is 19.2 Å². The molecule has 1 N–H and O–H groups in total. The summed E-state index contributed by atoms with van der Waals surface area (Å²) in [7, 11) is 0. The third-order valence-electron chi connectivity index (χ3n) is 2.50. The number of aryl methyl sites for hydroxylation is 1. The van der Waals surface area contributed by atoms with Crippen molar-refractivity contribution in [1.29, 1.82) is 0 Å². The van der Waals surface area contributed by atoms with Gasteiger partial charge in [-0.15, -0.1) is 0 Å². The quantitative estimate of drug-likeness (QED) is 0.476. The smallest absolute Gasteiger partial charge is 0.270 e. The van der Waals surface area contributed by atoms with Gasteiger partial charge in [-0.1, -0.05) is 6.92 Å². The van der Waals surface area contributed by atoms with Crippen molar-refractivity contribution in [3.8, 4) is 5.75 Å². The average molecular weight is 249 g/mol. The van der Waals surface area contributed by atoms with Gasteiger partial charge in [0.1, 0.15) is 11.3 Å². The molecule has 2 rings (SSSR count). The lowest BCUT2D eigenvalue weighted by Gasteiger charge is -2.06. The minimum absolute atomic E-state index is 0.0935. The van der Waals surface area contributed by atoms with Crippen LogP contribution in [0.15, 0.2) is 18.2 Å². The van der Waals surface area contributed by atoms with Crippen LogP contribution in [0.4, 0.5) is 0 Å². The third kappa shape index (κ3) is 2.65. The maximum Gasteiger partial charge on any atom is 0.270 e. The van der Waals surface area contributed by atoms with Crippen molar-refractivity contribution >= 4 is 11.0 Å². The number of aromatic nitrogens is 3. The predicted octanol–water partition coefficient (Wildman–Crippen LogP) is 0.587. The number of ether oxygens (including phenoxy) is 1. The Balaban J connectivity index is 2.31. The first-order valence-corrected chi connectivity index (χ1v) is 5.88. The summed E-state index contributed by atoms with van der Waals surface area (Å²) < 4.78 is 5.44. The van der Waals surface area contributed by atoms with Gasteiger partial charge in [0.25, 0.3) is 5.52 Å². The Bertz CT molecular complexity index is 545. The zero-order valence-electron chi connectivity index (χ0n) is 10.2. The van der Waals surface area contributed by atoms with Crippen molar-refractivity contribution in [2.45, 2.75) is 19.8 Å². The van der Waals surface area contributed by atoms with Crippen LogP contribution in [0.3, 0.4) is 0 Å². The monoisotopic (exact) mass is 249 g/mol. The standard InChI is InChI=1S/C12H15N3O3/c1-2-12-13-10-8-9(18-7-3-6-16)4-5-11(10)15(17)14-12/h4-5,8,16H,2-3,6-7H2,1H3. The van der Waals surface area contributed by atoms with Crippen molar-refractivity contribution in [2.24, 2.45) is 0 Å². The number of fused-ring (bicyclic) bond motifs is 1. The molecule has 1 aromatic heterocycles. The lowest BCUT2D eigenvalue weighted by Crippen LogP contribution is -2.33. The largest absolute Gasteiger partial charge is 0.594 e. The summed E-state index contributed by atoms with van der Waals surface area (Å²) in [4.78, 5) is 4.86. The maximum atomic E-state index is 11.6. The van der Waals surface area contributed by atoms with Crippen LogP contribution in [0, 0.1) is 5.21 Å². The topological polar surface area (TPSA) is 82.2 Å². The molecule has 0 saturated carbocycles. The fraction of sp³-hybridized carbons (Fsp3) is 0.417. The summed E-state index contributed by atoms with van der Waals surface area (Å²) in [6, 6.07) is 5.04. The Kier molecular flexibility index (Phi) is 3.88. The van der Waals surface area contributed by atoms with Crippen molar-refractivity contribution in [1.82, 2.24) is 10.1 Å². The second-order valence-electron chi connectivity index (χ2n) is 3.83. The maximum absolute atomic E-state index is 11.6. The van der Waals surface area contributed by atoms with E-state index in [-0.39, 0.29) is 6.61 Å². The van der Waals surface area contributed by atoms with Gasteiger partial charge >= 0.3 is 0 Å². The Morgan fingerprint density at radius 2 is 2.28 bits per heavy atom. The summed E-state index contributed by atoms with van der Waals surface area (Å²) in [6.07, 6.45) is 1.18. The molecule has 1 heterocycles. The van der Waals surface area contributed by atoms with E-state index in [0.717, 1.165) is 0 Å². The summed E-state index contributed by atoms with van der Waals surface area (Å²) in [6.45, 7) is 2.42. The number of nitrogens with zero attached hydrogens (tertiary/aromatic N) is 3. The molecule has 0 spiro atoms. The number of hydrogen-bond acceptors (Lipinski definition) is 5. The molecular weight excluding hydrogens is 234 g/mol. The van der Waals surface area contributed by atoms with Crippen LogP contribution < -0.4 is 9.58 Å². The lowest BCUT2D eigenvalue weighted by atomic mass is 10.3. The van der Waals surface area contributed by atoms with Gasteiger partial charge in [-0.25, -0.2) is 4.98 Å². The molecule has 0 fully saturated rings. The molecule has 0 aliphatic rings. The van der Waals surface area contributed by atoms with E-state index in [2.05, 4.69) is 10.1 Å². The van der Waals surface area contributed by atoms with Crippen molar-refractivity contribution in [3.05, 3.63) is 29.2 Å². The van der Waals surface area contributed by atoms with Crippen LogP contribution >= 0.6 is 0 Å². The van der Waals surface area contributed by atoms with Gasteiger partial charge in [-0.2, -0.15) is 0 Å². The van der Waals surface area contributed by atoms with Crippen LogP contribution in [0.2, 0.25) is 0 Å². The molecule has 0 aliphatic carbocycles. The Hall–Kier alpha value is -1.95. The van der Waals surface area contributed by atoms with E-state index in [9.17, 15) is 5.21 Å². The minimum atomic E-state index is 0.0935. The molecule has 0 bridgehead atoms. The highest BCUT2D eigenvalue weighted by atomic mass is 16.5. The van der Waals surface area contributed by atoms with Crippen molar-refractivity contribution in [3.63, 3.8) is 0 Å². The van der Waals surface area contributed by atoms with Gasteiger partial charge in [0.05, 0.1) is 6.61 Å². The van der Waals surface area contributed by atoms with Crippen LogP contribution in [-0.2, 0) is 6.42 Å². The number of benzene rings is 1. The molecule has 6 nitrogen and oxygen atoms in total. The Morgan fingerprint density at radius 1 is 1.44 bits per heavy atom. The zero-order valence-corrected chi connectivity index (χ0v) is 10.2. The molecule has 1 aromatic carbocycles. The van der Waals surface area contributed by atoms with E-state index in [1.807, 2.05) is 6.92 Å². The van der Waals surface area contributed by atoms with Gasteiger partial charge in [0.2, 0.25) is 0 Å². The fourth-order valence-corrected chi connectivity index (χ4v) is 1.57. The highest BCUT2D eigenvalue weighted by Gasteiger charge is 2.10. The highest BCUT2D eigenvalue weighted by molar-refractivity contribution is 5.72. The first kappa shape index (κ1) is 12.5. The molecule has 0 saturated heterocycles. The second-order valence-corrected chi connectivity index (χ2v) is 3.83. The van der Waals surface area contributed by atoms with E-state index in [1.54, 1.807) is 18.2 Å². The Morgan fingerprint density at radius 3 is 3.00 bits per heavy atom. The molecule has 0 atom stereocenters. The fourth-order valence-electron chi connectivity index (χ4n) is 1.57.